The van der Waals surface area contributed by atoms with Crippen molar-refractivity contribution >= 4 is 57.6 Å². The molecule has 5 rings (SSSR count). The summed E-state index contributed by atoms with van der Waals surface area (Å²) in [5.74, 6) is -2.17. The summed E-state index contributed by atoms with van der Waals surface area (Å²) in [4.78, 5) is 47.9. The fourth-order valence-corrected chi connectivity index (χ4v) is 5.81. The van der Waals surface area contributed by atoms with Crippen molar-refractivity contribution in [3.05, 3.63) is 47.3 Å². The Hall–Kier alpha value is -4.05. The van der Waals surface area contributed by atoms with Crippen LogP contribution < -0.4 is 15.6 Å². The van der Waals surface area contributed by atoms with Crippen LogP contribution >= 0.6 is 23.3 Å². The summed E-state index contributed by atoms with van der Waals surface area (Å²) in [6.07, 6.45) is 3.59. The van der Waals surface area contributed by atoms with E-state index < -0.39 is 29.2 Å². The first-order valence-corrected chi connectivity index (χ1v) is 12.4. The SMILES string of the molecule is CO/N=C(\C(=O)N[C@@H]1C(=O)N2C(C(=O)O)=C(C[n+]3ccn4nc(C)ccc43)CS[C@H]12)c1nsc(N)n1. The number of oxime groups is 1. The van der Waals surface area contributed by atoms with Crippen LogP contribution in [0.4, 0.5) is 5.13 Å². The zero-order chi connectivity index (χ0) is 25.6. The minimum absolute atomic E-state index is 0.0355. The van der Waals surface area contributed by atoms with Gasteiger partial charge < -0.3 is 21.0 Å². The normalized spacial score (nSPS) is 19.8. The first-order chi connectivity index (χ1) is 17.3. The predicted molar refractivity (Wildman–Crippen MR) is 128 cm³/mol. The fraction of sp³-hybridized carbons (Fsp3) is 0.300. The molecule has 2 aliphatic heterocycles. The number of rotatable bonds is 7. The second-order valence-electron chi connectivity index (χ2n) is 7.90. The van der Waals surface area contributed by atoms with Gasteiger partial charge >= 0.3 is 11.6 Å². The van der Waals surface area contributed by atoms with Gasteiger partial charge in [-0.2, -0.15) is 9.36 Å². The van der Waals surface area contributed by atoms with Crippen molar-refractivity contribution in [1.29, 1.82) is 0 Å². The van der Waals surface area contributed by atoms with Crippen LogP contribution in [0.25, 0.3) is 5.65 Å². The van der Waals surface area contributed by atoms with Crippen LogP contribution in [-0.2, 0) is 25.8 Å². The van der Waals surface area contributed by atoms with Gasteiger partial charge in [-0.25, -0.2) is 9.36 Å². The number of amides is 2. The minimum atomic E-state index is -1.21. The zero-order valence-corrected chi connectivity index (χ0v) is 20.6. The Bertz CT molecular complexity index is 1460. The van der Waals surface area contributed by atoms with Crippen molar-refractivity contribution in [2.24, 2.45) is 5.16 Å². The van der Waals surface area contributed by atoms with Gasteiger partial charge in [-0.1, -0.05) is 10.3 Å². The molecule has 14 nitrogen and oxygen atoms in total. The molecule has 0 bridgehead atoms. The molecule has 16 heteroatoms. The van der Waals surface area contributed by atoms with E-state index in [0.29, 0.717) is 11.3 Å². The number of β-lactam (4-membered cyclic amide) rings is 1. The van der Waals surface area contributed by atoms with Crippen LogP contribution in [0.2, 0.25) is 0 Å². The van der Waals surface area contributed by atoms with Crippen molar-refractivity contribution in [3.63, 3.8) is 0 Å². The van der Waals surface area contributed by atoms with Crippen molar-refractivity contribution in [1.82, 2.24) is 29.2 Å². The highest BCUT2D eigenvalue weighted by Gasteiger charge is 2.54. The van der Waals surface area contributed by atoms with Crippen LogP contribution in [0.3, 0.4) is 0 Å². The standard InChI is InChI=1S/C20H19N9O5S2/c1-9-3-4-11-27(5-6-28(11)24-9)7-10-8-35-18-13(17(31)29(18)14(10)19(32)33)22-16(30)12(25-34-2)15-23-20(21)36-26-15/h3-6,13,18H,7-8H2,1-2H3,(H3-,21,22,23,26,30,32,33)/p+1/b25-12-/t13-,18-/m1/s1. The van der Waals surface area contributed by atoms with E-state index in [2.05, 4.69) is 24.9 Å². The molecule has 2 amide bonds. The lowest BCUT2D eigenvalue weighted by molar-refractivity contribution is -0.662. The first kappa shape index (κ1) is 23.7. The van der Waals surface area contributed by atoms with E-state index >= 15 is 0 Å². The van der Waals surface area contributed by atoms with Gasteiger partial charge in [0.15, 0.2) is 11.3 Å². The Morgan fingerprint density at radius 2 is 2.22 bits per heavy atom. The Balaban J connectivity index is 1.37. The molecule has 0 radical (unpaired) electrons. The maximum Gasteiger partial charge on any atom is 0.352 e. The molecular weight excluding hydrogens is 510 g/mol. The van der Waals surface area contributed by atoms with Crippen LogP contribution in [-0.4, -0.2) is 76.8 Å². The summed E-state index contributed by atoms with van der Waals surface area (Å²) in [6, 6.07) is 2.81. The molecular formula is C20H20N9O5S2+. The summed E-state index contributed by atoms with van der Waals surface area (Å²) in [7, 11) is 1.26. The number of aromatic nitrogens is 5. The number of hydrogen-bond donors (Lipinski definition) is 3. The van der Waals surface area contributed by atoms with E-state index in [0.717, 1.165) is 22.9 Å². The van der Waals surface area contributed by atoms with Gasteiger partial charge in [0, 0.05) is 28.9 Å². The number of nitrogen functional groups attached to an aromatic ring is 1. The number of carboxylic acids is 1. The van der Waals surface area contributed by atoms with E-state index in [1.807, 2.05) is 29.8 Å². The predicted octanol–water partition coefficient (Wildman–Crippen LogP) is -0.847. The molecule has 1 fully saturated rings. The number of carbonyl (C=O) groups is 3. The van der Waals surface area contributed by atoms with Crippen LogP contribution in [0, 0.1) is 6.92 Å². The van der Waals surface area contributed by atoms with Crippen molar-refractivity contribution in [3.8, 4) is 0 Å². The number of thioether (sulfide) groups is 1. The summed E-state index contributed by atoms with van der Waals surface area (Å²) in [5.41, 5.74) is 7.47. The van der Waals surface area contributed by atoms with E-state index in [9.17, 15) is 19.5 Å². The maximum absolute atomic E-state index is 13.0. The number of nitrogens with one attached hydrogen (secondary N) is 1. The highest BCUT2D eigenvalue weighted by molar-refractivity contribution is 8.00. The number of carboxylic acid groups (broad SMARTS) is 1. The molecule has 186 valence electrons. The van der Waals surface area contributed by atoms with Gasteiger partial charge in [0.1, 0.15) is 37.0 Å². The number of aryl methyl sites for hydroxylation is 1. The van der Waals surface area contributed by atoms with Crippen molar-refractivity contribution in [2.75, 3.05) is 18.6 Å². The molecule has 36 heavy (non-hydrogen) atoms. The third-order valence-electron chi connectivity index (χ3n) is 5.60. The second kappa shape index (κ2) is 9.19. The lowest BCUT2D eigenvalue weighted by Gasteiger charge is -2.49. The van der Waals surface area contributed by atoms with E-state index in [-0.39, 0.29) is 28.9 Å². The van der Waals surface area contributed by atoms with Gasteiger partial charge in [-0.3, -0.25) is 14.5 Å². The molecule has 0 saturated carbocycles. The molecule has 3 aromatic rings. The molecule has 2 aliphatic rings. The average molecular weight is 531 g/mol. The highest BCUT2D eigenvalue weighted by Crippen LogP contribution is 2.40. The molecule has 4 N–H and O–H groups in total. The molecule has 0 spiro atoms. The Labute approximate surface area is 211 Å². The molecule has 0 aromatic carbocycles. The van der Waals surface area contributed by atoms with Crippen molar-refractivity contribution in [2.45, 2.75) is 24.9 Å². The van der Waals surface area contributed by atoms with E-state index in [1.54, 1.807) is 10.7 Å². The van der Waals surface area contributed by atoms with Gasteiger partial charge in [0.25, 0.3) is 11.8 Å². The lowest BCUT2D eigenvalue weighted by Crippen LogP contribution is -2.71. The second-order valence-corrected chi connectivity index (χ2v) is 9.79. The molecule has 5 heterocycles. The third-order valence-corrected chi connectivity index (χ3v) is 7.49. The van der Waals surface area contributed by atoms with Gasteiger partial charge in [-0.05, 0) is 13.0 Å². The summed E-state index contributed by atoms with van der Waals surface area (Å²) >= 11 is 2.25. The smallest absolute Gasteiger partial charge is 0.352 e. The number of hydrogen-bond acceptors (Lipinski definition) is 11. The Morgan fingerprint density at radius 3 is 2.92 bits per heavy atom. The number of carbonyl (C=O) groups excluding carboxylic acids is 2. The van der Waals surface area contributed by atoms with Crippen LogP contribution in [0.1, 0.15) is 11.5 Å². The number of nitrogens with zero attached hydrogens (tertiary/aromatic N) is 7. The average Bonchev–Trinajstić information content (AvgIpc) is 3.45. The summed E-state index contributed by atoms with van der Waals surface area (Å²) in [6.45, 7) is 2.15. The Morgan fingerprint density at radius 1 is 1.42 bits per heavy atom. The number of anilines is 1. The molecule has 3 aromatic heterocycles. The van der Waals surface area contributed by atoms with Crippen LogP contribution in [0.5, 0.6) is 0 Å². The lowest BCUT2D eigenvalue weighted by atomic mass is 10.0. The molecule has 1 saturated heterocycles. The number of aliphatic carboxylic acids is 1. The number of nitrogens with two attached hydrogens (primary N) is 1. The van der Waals surface area contributed by atoms with E-state index in [1.165, 1.54) is 23.8 Å². The van der Waals surface area contributed by atoms with Gasteiger partial charge in [-0.15, -0.1) is 16.3 Å². The molecule has 0 unspecified atom stereocenters. The number of fused-ring (bicyclic) bond motifs is 2. The monoisotopic (exact) mass is 530 g/mol. The minimum Gasteiger partial charge on any atom is -0.477 e. The van der Waals surface area contributed by atoms with Gasteiger partial charge in [0.05, 0.1) is 5.69 Å². The maximum atomic E-state index is 13.0. The molecule has 0 aliphatic carbocycles. The quantitative estimate of drug-likeness (QED) is 0.151. The first-order valence-electron chi connectivity index (χ1n) is 10.5. The summed E-state index contributed by atoms with van der Waals surface area (Å²) < 4.78 is 7.53. The largest absolute Gasteiger partial charge is 0.477 e. The van der Waals surface area contributed by atoms with Crippen molar-refractivity contribution < 1.29 is 28.9 Å². The summed E-state index contributed by atoms with van der Waals surface area (Å²) in [5, 5.41) is 20.2. The van der Waals surface area contributed by atoms with E-state index in [4.69, 9.17) is 10.6 Å². The van der Waals surface area contributed by atoms with Gasteiger partial charge in [0.2, 0.25) is 11.5 Å². The Kier molecular flexibility index (Phi) is 6.05. The molecule has 2 atom stereocenters. The topological polar surface area (TPSA) is 181 Å². The third kappa shape index (κ3) is 4.03. The fourth-order valence-electron chi connectivity index (χ4n) is 4.04. The highest BCUT2D eigenvalue weighted by atomic mass is 32.2. The van der Waals surface area contributed by atoms with Crippen LogP contribution in [0.15, 0.2) is 41.0 Å². The zero-order valence-electron chi connectivity index (χ0n) is 19.0. The number of imidazole rings is 1.